The summed E-state index contributed by atoms with van der Waals surface area (Å²) in [6.45, 7) is 3.98. The van der Waals surface area contributed by atoms with Gasteiger partial charge in [-0.15, -0.1) is 0 Å². The molecule has 0 amide bonds. The van der Waals surface area contributed by atoms with E-state index in [0.717, 1.165) is 6.61 Å². The fourth-order valence-corrected chi connectivity index (χ4v) is 1.40. The molecule has 1 heterocycles. The molecule has 0 fully saturated rings. The summed E-state index contributed by atoms with van der Waals surface area (Å²) in [6.07, 6.45) is 3.25. The summed E-state index contributed by atoms with van der Waals surface area (Å²) in [5.74, 6) is -1.14. The number of rotatable bonds is 3. The van der Waals surface area contributed by atoms with Gasteiger partial charge in [0.25, 0.3) is 0 Å². The van der Waals surface area contributed by atoms with E-state index in [-0.39, 0.29) is 5.57 Å². The second-order valence-corrected chi connectivity index (χ2v) is 3.60. The molecule has 0 saturated carbocycles. The summed E-state index contributed by atoms with van der Waals surface area (Å²) in [6, 6.07) is 0. The van der Waals surface area contributed by atoms with E-state index in [2.05, 4.69) is 6.58 Å². The zero-order valence-electron chi connectivity index (χ0n) is 8.86. The van der Waals surface area contributed by atoms with E-state index >= 15 is 0 Å². The van der Waals surface area contributed by atoms with Gasteiger partial charge in [-0.1, -0.05) is 6.58 Å². The van der Waals surface area contributed by atoms with Gasteiger partial charge in [0.15, 0.2) is 0 Å². The van der Waals surface area contributed by atoms with Crippen LogP contribution in [0.5, 0.6) is 0 Å². The topological polar surface area (TPSA) is 83.8 Å². The van der Waals surface area contributed by atoms with Crippen LogP contribution >= 0.6 is 0 Å². The average Bonchev–Trinajstić information content (AvgIpc) is 2.45. The molecular formula is C11H14O5. The maximum absolute atomic E-state index is 9.87. The van der Waals surface area contributed by atoms with Gasteiger partial charge in [-0.25, -0.2) is 4.79 Å². The Morgan fingerprint density at radius 1 is 1.25 bits per heavy atom. The lowest BCUT2D eigenvalue weighted by molar-refractivity contribution is -0.139. The minimum absolute atomic E-state index is 0.303. The maximum atomic E-state index is 9.87. The van der Waals surface area contributed by atoms with Gasteiger partial charge in [-0.3, -0.25) is 4.79 Å². The van der Waals surface area contributed by atoms with Crippen molar-refractivity contribution < 1.29 is 24.5 Å². The molecule has 0 spiro atoms. The molecule has 5 heteroatoms. The fraction of sp³-hybridized carbons (Fsp3) is 0.455. The Balaban J connectivity index is 0.000000163. The van der Waals surface area contributed by atoms with Crippen molar-refractivity contribution in [2.24, 2.45) is 0 Å². The highest BCUT2D eigenvalue weighted by molar-refractivity contribution is 5.91. The maximum Gasteiger partial charge on any atom is 0.331 e. The van der Waals surface area contributed by atoms with Crippen molar-refractivity contribution in [1.29, 1.82) is 0 Å². The summed E-state index contributed by atoms with van der Waals surface area (Å²) in [4.78, 5) is 19.7. The van der Waals surface area contributed by atoms with E-state index in [4.69, 9.17) is 14.9 Å². The van der Waals surface area contributed by atoms with Gasteiger partial charge in [-0.2, -0.15) is 0 Å². The van der Waals surface area contributed by atoms with Crippen molar-refractivity contribution in [2.45, 2.75) is 25.7 Å². The van der Waals surface area contributed by atoms with E-state index in [1.807, 2.05) is 0 Å². The molecule has 1 aliphatic carbocycles. The SMILES string of the molecule is C1CC2=C(CC2)O1.C=C(CC(=O)O)C(=O)O. The molecule has 0 saturated heterocycles. The molecule has 0 aromatic heterocycles. The molecule has 0 aromatic carbocycles. The normalized spacial score (nSPS) is 16.2. The second kappa shape index (κ2) is 5.34. The van der Waals surface area contributed by atoms with E-state index in [1.54, 1.807) is 5.57 Å². The summed E-state index contributed by atoms with van der Waals surface area (Å²) < 4.78 is 5.23. The first-order valence-electron chi connectivity index (χ1n) is 4.97. The third kappa shape index (κ3) is 3.42. The number of allylic oxidation sites excluding steroid dienone is 1. The lowest BCUT2D eigenvalue weighted by Gasteiger charge is -2.12. The van der Waals surface area contributed by atoms with Crippen LogP contribution in [-0.2, 0) is 14.3 Å². The van der Waals surface area contributed by atoms with Crippen molar-refractivity contribution in [1.82, 2.24) is 0 Å². The number of carboxylic acid groups (broad SMARTS) is 2. The molecule has 5 nitrogen and oxygen atoms in total. The number of carbonyl (C=O) groups is 2. The largest absolute Gasteiger partial charge is 0.498 e. The molecule has 0 aromatic rings. The van der Waals surface area contributed by atoms with Crippen LogP contribution in [0.1, 0.15) is 25.7 Å². The number of carboxylic acids is 2. The standard InChI is InChI=1S/C6H8O.C5H6O4/c1-2-6-5(1)3-4-7-6;1-3(5(8)9)2-4(6)7/h1-4H2;1-2H2,(H,6,7)(H,8,9). The third-order valence-corrected chi connectivity index (χ3v) is 2.40. The molecular weight excluding hydrogens is 212 g/mol. The van der Waals surface area contributed by atoms with Crippen LogP contribution in [0.15, 0.2) is 23.5 Å². The highest BCUT2D eigenvalue weighted by Crippen LogP contribution is 2.35. The lowest BCUT2D eigenvalue weighted by Crippen LogP contribution is -2.04. The van der Waals surface area contributed by atoms with Gasteiger partial charge in [-0.05, 0) is 12.0 Å². The van der Waals surface area contributed by atoms with E-state index in [1.165, 1.54) is 25.0 Å². The van der Waals surface area contributed by atoms with E-state index in [0.29, 0.717) is 0 Å². The molecule has 0 radical (unpaired) electrons. The molecule has 0 atom stereocenters. The Labute approximate surface area is 93.0 Å². The molecule has 0 unspecified atom stereocenters. The highest BCUT2D eigenvalue weighted by atomic mass is 16.5. The first-order valence-corrected chi connectivity index (χ1v) is 4.97. The van der Waals surface area contributed by atoms with Crippen LogP contribution in [0.25, 0.3) is 0 Å². The molecule has 1 aliphatic heterocycles. The Bertz CT molecular complexity index is 339. The lowest BCUT2D eigenvalue weighted by atomic mass is 9.96. The molecule has 2 aliphatic rings. The van der Waals surface area contributed by atoms with Crippen LogP contribution in [0.4, 0.5) is 0 Å². The zero-order chi connectivity index (χ0) is 12.1. The minimum Gasteiger partial charge on any atom is -0.498 e. The molecule has 0 bridgehead atoms. The Hall–Kier alpha value is -1.78. The second-order valence-electron chi connectivity index (χ2n) is 3.60. The van der Waals surface area contributed by atoms with Crippen LogP contribution in [-0.4, -0.2) is 28.8 Å². The Morgan fingerprint density at radius 2 is 1.94 bits per heavy atom. The quantitative estimate of drug-likeness (QED) is 0.713. The van der Waals surface area contributed by atoms with Crippen LogP contribution in [0, 0.1) is 0 Å². The van der Waals surface area contributed by atoms with Gasteiger partial charge in [0.05, 0.1) is 18.8 Å². The average molecular weight is 226 g/mol. The van der Waals surface area contributed by atoms with Gasteiger partial charge in [0.1, 0.15) is 0 Å². The van der Waals surface area contributed by atoms with Crippen molar-refractivity contribution in [3.05, 3.63) is 23.5 Å². The van der Waals surface area contributed by atoms with Gasteiger partial charge < -0.3 is 14.9 Å². The van der Waals surface area contributed by atoms with Crippen LogP contribution < -0.4 is 0 Å². The predicted molar refractivity (Wildman–Crippen MR) is 55.9 cm³/mol. The summed E-state index contributed by atoms with van der Waals surface area (Å²) in [5, 5.41) is 16.1. The monoisotopic (exact) mass is 226 g/mol. The fourth-order valence-electron chi connectivity index (χ4n) is 1.40. The number of hydrogen-bond acceptors (Lipinski definition) is 3. The number of aliphatic carboxylic acids is 2. The van der Waals surface area contributed by atoms with Crippen molar-refractivity contribution in [3.63, 3.8) is 0 Å². The van der Waals surface area contributed by atoms with Crippen molar-refractivity contribution in [3.8, 4) is 0 Å². The Kier molecular flexibility index (Phi) is 4.10. The first kappa shape index (κ1) is 12.3. The number of hydrogen-bond donors (Lipinski definition) is 2. The van der Waals surface area contributed by atoms with Gasteiger partial charge in [0, 0.05) is 18.4 Å². The number of ether oxygens (including phenoxy) is 1. The van der Waals surface area contributed by atoms with Crippen LogP contribution in [0.3, 0.4) is 0 Å². The third-order valence-electron chi connectivity index (χ3n) is 2.40. The summed E-state index contributed by atoms with van der Waals surface area (Å²) in [7, 11) is 0. The predicted octanol–water partition coefficient (Wildman–Crippen LogP) is 1.56. The minimum atomic E-state index is -1.27. The van der Waals surface area contributed by atoms with E-state index < -0.39 is 18.4 Å². The van der Waals surface area contributed by atoms with E-state index in [9.17, 15) is 9.59 Å². The molecule has 16 heavy (non-hydrogen) atoms. The smallest absolute Gasteiger partial charge is 0.331 e. The van der Waals surface area contributed by atoms with Crippen LogP contribution in [0.2, 0.25) is 0 Å². The highest BCUT2D eigenvalue weighted by Gasteiger charge is 2.22. The van der Waals surface area contributed by atoms with Crippen molar-refractivity contribution in [2.75, 3.05) is 6.61 Å². The molecule has 2 N–H and O–H groups in total. The molecule has 88 valence electrons. The Morgan fingerprint density at radius 3 is 2.12 bits per heavy atom. The van der Waals surface area contributed by atoms with Gasteiger partial charge in [0.2, 0.25) is 0 Å². The summed E-state index contributed by atoms with van der Waals surface area (Å²) in [5.41, 5.74) is 1.28. The summed E-state index contributed by atoms with van der Waals surface area (Å²) >= 11 is 0. The van der Waals surface area contributed by atoms with Crippen molar-refractivity contribution >= 4 is 11.9 Å². The van der Waals surface area contributed by atoms with Gasteiger partial charge >= 0.3 is 11.9 Å². The molecule has 2 rings (SSSR count). The first-order chi connectivity index (χ1) is 7.50. The zero-order valence-corrected chi connectivity index (χ0v) is 8.86.